The molecule has 114 valence electrons. The quantitative estimate of drug-likeness (QED) is 0.585. The summed E-state index contributed by atoms with van der Waals surface area (Å²) in [5.41, 5.74) is 0.774. The lowest BCUT2D eigenvalue weighted by Gasteiger charge is -2.09. The predicted octanol–water partition coefficient (Wildman–Crippen LogP) is 1.19. The number of hydrogen-bond donors (Lipinski definition) is 2. The molecule has 0 spiro atoms. The van der Waals surface area contributed by atoms with Crippen LogP contribution in [0.15, 0.2) is 34.6 Å². The maximum atomic E-state index is 12.1. The second kappa shape index (κ2) is 6.92. The number of aromatic amines is 1. The summed E-state index contributed by atoms with van der Waals surface area (Å²) < 4.78 is 32.0. The van der Waals surface area contributed by atoms with Crippen LogP contribution in [0, 0.1) is 6.92 Å². The molecule has 2 N–H and O–H groups in total. The lowest BCUT2D eigenvalue weighted by atomic mass is 10.2. The molecule has 1 heterocycles. The Morgan fingerprint density at radius 3 is 2.86 bits per heavy atom. The monoisotopic (exact) mass is 328 g/mol. The topological polar surface area (TPSA) is 97.0 Å². The van der Waals surface area contributed by atoms with E-state index in [0.29, 0.717) is 23.2 Å². The minimum absolute atomic E-state index is 0.227. The van der Waals surface area contributed by atoms with Crippen molar-refractivity contribution < 1.29 is 13.2 Å². The third-order valence-electron chi connectivity index (χ3n) is 2.70. The highest BCUT2D eigenvalue weighted by Crippen LogP contribution is 2.21. The molecule has 0 aliphatic heterocycles. The Hall–Kier alpha value is -1.58. The van der Waals surface area contributed by atoms with Gasteiger partial charge in [0.25, 0.3) is 0 Å². The number of nitrogens with one attached hydrogen (secondary N) is 2. The number of ether oxygens (including phenoxy) is 1. The number of hydrogen-bond acceptors (Lipinski definition) is 6. The van der Waals surface area contributed by atoms with Crippen molar-refractivity contribution in [2.45, 2.75) is 17.0 Å². The van der Waals surface area contributed by atoms with Gasteiger partial charge in [-0.1, -0.05) is 11.8 Å². The van der Waals surface area contributed by atoms with Crippen LogP contribution in [-0.2, 0) is 10.0 Å². The molecule has 0 aliphatic carbocycles. The molecule has 1 aromatic carbocycles. The molecule has 0 aliphatic rings. The predicted molar refractivity (Wildman–Crippen MR) is 80.0 cm³/mol. The van der Waals surface area contributed by atoms with Crippen LogP contribution in [-0.4, -0.2) is 43.0 Å². The van der Waals surface area contributed by atoms with E-state index in [0.717, 1.165) is 5.56 Å². The van der Waals surface area contributed by atoms with Gasteiger partial charge in [0, 0.05) is 12.3 Å². The second-order valence-corrected chi connectivity index (χ2v) is 7.02. The molecule has 0 fully saturated rings. The first-order valence-electron chi connectivity index (χ1n) is 6.15. The smallest absolute Gasteiger partial charge is 0.240 e. The zero-order valence-electron chi connectivity index (χ0n) is 11.7. The molecule has 0 saturated carbocycles. The van der Waals surface area contributed by atoms with Crippen molar-refractivity contribution in [2.75, 3.05) is 19.4 Å². The first-order chi connectivity index (χ1) is 10.0. The van der Waals surface area contributed by atoms with E-state index in [2.05, 4.69) is 19.9 Å². The molecule has 0 bridgehead atoms. The highest BCUT2D eigenvalue weighted by atomic mass is 32.2. The molecule has 7 nitrogen and oxygen atoms in total. The molecule has 0 atom stereocenters. The largest absolute Gasteiger partial charge is 0.496 e. The molecule has 2 aromatic rings. The van der Waals surface area contributed by atoms with Crippen molar-refractivity contribution in [3.8, 4) is 5.75 Å². The number of nitrogens with zero attached hydrogens (tertiary/aromatic N) is 2. The fourth-order valence-electron chi connectivity index (χ4n) is 1.69. The van der Waals surface area contributed by atoms with Gasteiger partial charge in [-0.2, -0.15) is 5.10 Å². The van der Waals surface area contributed by atoms with Crippen LogP contribution in [0.1, 0.15) is 5.56 Å². The minimum atomic E-state index is -3.51. The molecular formula is C12H16N4O3S2. The number of aryl methyl sites for hydroxylation is 1. The van der Waals surface area contributed by atoms with E-state index in [4.69, 9.17) is 4.74 Å². The van der Waals surface area contributed by atoms with E-state index < -0.39 is 10.0 Å². The summed E-state index contributed by atoms with van der Waals surface area (Å²) in [6.07, 6.45) is 1.41. The summed E-state index contributed by atoms with van der Waals surface area (Å²) >= 11 is 1.40. The summed E-state index contributed by atoms with van der Waals surface area (Å²) in [6, 6.07) is 4.76. The van der Waals surface area contributed by atoms with Crippen LogP contribution in [0.25, 0.3) is 0 Å². The Balaban J connectivity index is 1.93. The van der Waals surface area contributed by atoms with Crippen molar-refractivity contribution in [3.63, 3.8) is 0 Å². The van der Waals surface area contributed by atoms with Crippen molar-refractivity contribution in [3.05, 3.63) is 30.1 Å². The van der Waals surface area contributed by atoms with Crippen LogP contribution in [0.3, 0.4) is 0 Å². The number of aromatic nitrogens is 3. The summed E-state index contributed by atoms with van der Waals surface area (Å²) in [5, 5.41) is 7.07. The second-order valence-electron chi connectivity index (χ2n) is 4.17. The van der Waals surface area contributed by atoms with Crippen LogP contribution >= 0.6 is 11.8 Å². The van der Waals surface area contributed by atoms with Crippen LogP contribution < -0.4 is 9.46 Å². The minimum Gasteiger partial charge on any atom is -0.496 e. The summed E-state index contributed by atoms with van der Waals surface area (Å²) in [6.45, 7) is 2.11. The van der Waals surface area contributed by atoms with E-state index in [1.54, 1.807) is 26.2 Å². The Morgan fingerprint density at radius 1 is 1.43 bits per heavy atom. The maximum absolute atomic E-state index is 12.1. The SMILES string of the molecule is COc1ccc(S(=O)(=O)NCCSc2ncn[nH]2)cc1C. The number of thioether (sulfide) groups is 1. The first-order valence-corrected chi connectivity index (χ1v) is 8.62. The molecule has 0 saturated heterocycles. The molecule has 0 radical (unpaired) electrons. The van der Waals surface area contributed by atoms with Crippen LogP contribution in [0.4, 0.5) is 0 Å². The van der Waals surface area contributed by atoms with Gasteiger partial charge in [0.1, 0.15) is 12.1 Å². The Labute approximate surface area is 127 Å². The van der Waals surface area contributed by atoms with E-state index in [1.165, 1.54) is 24.2 Å². The highest BCUT2D eigenvalue weighted by molar-refractivity contribution is 7.99. The van der Waals surface area contributed by atoms with Gasteiger partial charge in [-0.15, -0.1) is 0 Å². The zero-order valence-corrected chi connectivity index (χ0v) is 13.3. The van der Waals surface area contributed by atoms with Gasteiger partial charge in [-0.25, -0.2) is 18.1 Å². The lowest BCUT2D eigenvalue weighted by Crippen LogP contribution is -2.26. The van der Waals surface area contributed by atoms with E-state index in [1.807, 2.05) is 0 Å². The van der Waals surface area contributed by atoms with Crippen molar-refractivity contribution in [1.29, 1.82) is 0 Å². The lowest BCUT2D eigenvalue weighted by molar-refractivity contribution is 0.411. The average Bonchev–Trinajstić information content (AvgIpc) is 2.97. The van der Waals surface area contributed by atoms with Gasteiger partial charge in [0.15, 0.2) is 5.16 Å². The molecule has 0 amide bonds. The van der Waals surface area contributed by atoms with Crippen molar-refractivity contribution in [1.82, 2.24) is 19.9 Å². The molecule has 0 unspecified atom stereocenters. The average molecular weight is 328 g/mol. The van der Waals surface area contributed by atoms with E-state index >= 15 is 0 Å². The molecular weight excluding hydrogens is 312 g/mol. The first kappa shape index (κ1) is 15.8. The van der Waals surface area contributed by atoms with E-state index in [-0.39, 0.29) is 4.90 Å². The Bertz CT molecular complexity index is 687. The number of H-pyrrole nitrogens is 1. The number of methoxy groups -OCH3 is 1. The maximum Gasteiger partial charge on any atom is 0.240 e. The normalized spacial score (nSPS) is 11.5. The zero-order chi connectivity index (χ0) is 15.3. The van der Waals surface area contributed by atoms with Gasteiger partial charge in [0.2, 0.25) is 10.0 Å². The van der Waals surface area contributed by atoms with E-state index in [9.17, 15) is 8.42 Å². The van der Waals surface area contributed by atoms with Gasteiger partial charge in [0.05, 0.1) is 12.0 Å². The molecule has 9 heteroatoms. The van der Waals surface area contributed by atoms with Gasteiger partial charge in [-0.3, -0.25) is 5.10 Å². The fourth-order valence-corrected chi connectivity index (χ4v) is 3.57. The van der Waals surface area contributed by atoms with Crippen LogP contribution in [0.2, 0.25) is 0 Å². The van der Waals surface area contributed by atoms with Crippen molar-refractivity contribution in [2.24, 2.45) is 0 Å². The van der Waals surface area contributed by atoms with Gasteiger partial charge >= 0.3 is 0 Å². The highest BCUT2D eigenvalue weighted by Gasteiger charge is 2.14. The van der Waals surface area contributed by atoms with Gasteiger partial charge < -0.3 is 4.74 Å². The standard InChI is InChI=1S/C12H16N4O3S2/c1-9-7-10(3-4-11(9)19-2)21(17,18)15-5-6-20-12-13-8-14-16-12/h3-4,7-8,15H,5-6H2,1-2H3,(H,13,14,16). The third kappa shape index (κ3) is 4.19. The Kier molecular flexibility index (Phi) is 5.21. The summed E-state index contributed by atoms with van der Waals surface area (Å²) in [5.74, 6) is 1.22. The van der Waals surface area contributed by atoms with Gasteiger partial charge in [-0.05, 0) is 30.7 Å². The summed E-state index contributed by atoms with van der Waals surface area (Å²) in [7, 11) is -1.96. The number of benzene rings is 1. The summed E-state index contributed by atoms with van der Waals surface area (Å²) in [4.78, 5) is 4.17. The van der Waals surface area contributed by atoms with Crippen molar-refractivity contribution >= 4 is 21.8 Å². The molecule has 21 heavy (non-hydrogen) atoms. The van der Waals surface area contributed by atoms with Crippen LogP contribution in [0.5, 0.6) is 5.75 Å². The number of rotatable bonds is 7. The number of sulfonamides is 1. The fraction of sp³-hybridized carbons (Fsp3) is 0.333. The third-order valence-corrected chi connectivity index (χ3v) is 5.04. The molecule has 1 aromatic heterocycles. The Morgan fingerprint density at radius 2 is 2.24 bits per heavy atom. The molecule has 2 rings (SSSR count).